The lowest BCUT2D eigenvalue weighted by Crippen LogP contribution is -2.50. The highest BCUT2D eigenvalue weighted by Gasteiger charge is 2.24. The molecule has 1 fully saturated rings. The van der Waals surface area contributed by atoms with Crippen LogP contribution in [0.2, 0.25) is 0 Å². The zero-order chi connectivity index (χ0) is 16.9. The molecule has 1 aliphatic rings. The van der Waals surface area contributed by atoms with E-state index in [0.717, 1.165) is 29.7 Å². The minimum atomic E-state index is -0.177. The summed E-state index contributed by atoms with van der Waals surface area (Å²) in [6, 6.07) is 11.2. The molecule has 0 radical (unpaired) electrons. The SMILES string of the molecule is CC1CCNCC1NC(=O)c1ccc(COc2cccc(Br)c2)o1.Cl. The van der Waals surface area contributed by atoms with E-state index in [1.54, 1.807) is 12.1 Å². The maximum Gasteiger partial charge on any atom is 0.287 e. The molecule has 1 aromatic carbocycles. The molecule has 7 heteroatoms. The molecule has 2 aromatic rings. The molecule has 1 saturated heterocycles. The standard InChI is InChI=1S/C18H21BrN2O3.ClH/c1-12-7-8-20-10-16(12)21-18(22)17-6-5-15(24-17)11-23-14-4-2-3-13(19)9-14;/h2-6,9,12,16,20H,7-8,10-11H2,1H3,(H,21,22);1H. The van der Waals surface area contributed by atoms with Gasteiger partial charge in [0.2, 0.25) is 0 Å². The molecule has 1 aliphatic heterocycles. The lowest BCUT2D eigenvalue weighted by Gasteiger charge is -2.29. The maximum absolute atomic E-state index is 12.3. The molecule has 1 amide bonds. The fourth-order valence-electron chi connectivity index (χ4n) is 2.71. The summed E-state index contributed by atoms with van der Waals surface area (Å²) in [6.45, 7) is 4.24. The molecule has 2 unspecified atom stereocenters. The van der Waals surface area contributed by atoms with Gasteiger partial charge < -0.3 is 19.8 Å². The summed E-state index contributed by atoms with van der Waals surface area (Å²) in [7, 11) is 0. The highest BCUT2D eigenvalue weighted by molar-refractivity contribution is 9.10. The van der Waals surface area contributed by atoms with Crippen molar-refractivity contribution in [3.63, 3.8) is 0 Å². The number of benzene rings is 1. The van der Waals surface area contributed by atoms with Gasteiger partial charge in [-0.2, -0.15) is 0 Å². The van der Waals surface area contributed by atoms with Crippen molar-refractivity contribution in [2.45, 2.75) is 26.0 Å². The number of hydrogen-bond donors (Lipinski definition) is 2. The van der Waals surface area contributed by atoms with E-state index in [4.69, 9.17) is 9.15 Å². The zero-order valence-corrected chi connectivity index (χ0v) is 16.4. The third kappa shape index (κ3) is 5.49. The van der Waals surface area contributed by atoms with Gasteiger partial charge in [0.15, 0.2) is 5.76 Å². The summed E-state index contributed by atoms with van der Waals surface area (Å²) >= 11 is 3.40. The fraction of sp³-hybridized carbons (Fsp3) is 0.389. The number of piperidine rings is 1. The number of nitrogens with one attached hydrogen (secondary N) is 2. The van der Waals surface area contributed by atoms with Gasteiger partial charge in [-0.25, -0.2) is 0 Å². The van der Waals surface area contributed by atoms with Crippen molar-refractivity contribution in [3.8, 4) is 5.75 Å². The first-order valence-corrected chi connectivity index (χ1v) is 8.90. The van der Waals surface area contributed by atoms with E-state index in [2.05, 4.69) is 33.5 Å². The van der Waals surface area contributed by atoms with Crippen LogP contribution in [0.3, 0.4) is 0 Å². The third-order valence-electron chi connectivity index (χ3n) is 4.21. The third-order valence-corrected chi connectivity index (χ3v) is 4.70. The maximum atomic E-state index is 12.3. The smallest absolute Gasteiger partial charge is 0.287 e. The Morgan fingerprint density at radius 3 is 3.00 bits per heavy atom. The van der Waals surface area contributed by atoms with Crippen LogP contribution in [0.4, 0.5) is 0 Å². The van der Waals surface area contributed by atoms with Crippen molar-refractivity contribution in [2.24, 2.45) is 5.92 Å². The van der Waals surface area contributed by atoms with Gasteiger partial charge in [0.05, 0.1) is 0 Å². The largest absolute Gasteiger partial charge is 0.486 e. The Morgan fingerprint density at radius 1 is 1.40 bits per heavy atom. The first-order valence-electron chi connectivity index (χ1n) is 8.10. The van der Waals surface area contributed by atoms with E-state index in [1.165, 1.54) is 0 Å². The highest BCUT2D eigenvalue weighted by atomic mass is 79.9. The molecule has 0 saturated carbocycles. The topological polar surface area (TPSA) is 63.5 Å². The number of furan rings is 1. The van der Waals surface area contributed by atoms with Gasteiger partial charge in [-0.15, -0.1) is 12.4 Å². The van der Waals surface area contributed by atoms with E-state index in [1.807, 2.05) is 24.3 Å². The summed E-state index contributed by atoms with van der Waals surface area (Å²) in [6.07, 6.45) is 1.06. The predicted octanol–water partition coefficient (Wildman–Crippen LogP) is 3.77. The van der Waals surface area contributed by atoms with Crippen LogP contribution < -0.4 is 15.4 Å². The molecule has 136 valence electrons. The van der Waals surface area contributed by atoms with E-state index in [9.17, 15) is 4.79 Å². The van der Waals surface area contributed by atoms with E-state index in [-0.39, 0.29) is 31.0 Å². The minimum absolute atomic E-state index is 0. The van der Waals surface area contributed by atoms with Crippen LogP contribution in [0.25, 0.3) is 0 Å². The van der Waals surface area contributed by atoms with Crippen molar-refractivity contribution in [3.05, 3.63) is 52.4 Å². The molecular weight excluding hydrogens is 408 g/mol. The van der Waals surface area contributed by atoms with Crippen molar-refractivity contribution in [2.75, 3.05) is 13.1 Å². The molecule has 5 nitrogen and oxygen atoms in total. The second-order valence-electron chi connectivity index (χ2n) is 6.06. The highest BCUT2D eigenvalue weighted by Crippen LogP contribution is 2.20. The van der Waals surface area contributed by atoms with Gasteiger partial charge in [-0.05, 0) is 49.2 Å². The first-order chi connectivity index (χ1) is 11.6. The van der Waals surface area contributed by atoms with Gasteiger partial charge in [0.25, 0.3) is 5.91 Å². The molecule has 3 rings (SSSR count). The average Bonchev–Trinajstić information content (AvgIpc) is 3.04. The van der Waals surface area contributed by atoms with Crippen molar-refractivity contribution >= 4 is 34.2 Å². The van der Waals surface area contributed by atoms with Crippen LogP contribution in [-0.2, 0) is 6.61 Å². The van der Waals surface area contributed by atoms with Gasteiger partial charge >= 0.3 is 0 Å². The Hall–Kier alpha value is -1.50. The van der Waals surface area contributed by atoms with E-state index in [0.29, 0.717) is 17.4 Å². The lowest BCUT2D eigenvalue weighted by atomic mass is 9.95. The number of amides is 1. The van der Waals surface area contributed by atoms with Crippen LogP contribution in [0.15, 0.2) is 45.3 Å². The van der Waals surface area contributed by atoms with Crippen LogP contribution >= 0.6 is 28.3 Å². The van der Waals surface area contributed by atoms with Crippen molar-refractivity contribution in [1.82, 2.24) is 10.6 Å². The number of rotatable bonds is 5. The van der Waals surface area contributed by atoms with Crippen LogP contribution in [-0.4, -0.2) is 25.0 Å². The molecule has 0 bridgehead atoms. The quantitative estimate of drug-likeness (QED) is 0.759. The Bertz CT molecular complexity index is 707. The minimum Gasteiger partial charge on any atom is -0.486 e. The van der Waals surface area contributed by atoms with Crippen LogP contribution in [0.1, 0.15) is 29.7 Å². The van der Waals surface area contributed by atoms with Gasteiger partial charge in [-0.1, -0.05) is 28.9 Å². The Kier molecular flexibility index (Phi) is 7.35. The number of halogens is 2. The monoisotopic (exact) mass is 428 g/mol. The number of carbonyl (C=O) groups excluding carboxylic acids is 1. The second kappa shape index (κ2) is 9.27. The summed E-state index contributed by atoms with van der Waals surface area (Å²) < 4.78 is 12.2. The molecule has 0 aliphatic carbocycles. The molecular formula is C18H22BrClN2O3. The van der Waals surface area contributed by atoms with E-state index >= 15 is 0 Å². The normalized spacial score (nSPS) is 19.8. The fourth-order valence-corrected chi connectivity index (χ4v) is 3.09. The summed E-state index contributed by atoms with van der Waals surface area (Å²) in [4.78, 5) is 12.3. The molecule has 2 atom stereocenters. The summed E-state index contributed by atoms with van der Waals surface area (Å²) in [5.41, 5.74) is 0. The Labute approximate surface area is 162 Å². The number of hydrogen-bond acceptors (Lipinski definition) is 4. The predicted molar refractivity (Wildman–Crippen MR) is 102 cm³/mol. The van der Waals surface area contributed by atoms with E-state index < -0.39 is 0 Å². The molecule has 2 heterocycles. The summed E-state index contributed by atoms with van der Waals surface area (Å²) in [5.74, 6) is 1.97. The Morgan fingerprint density at radius 2 is 2.24 bits per heavy atom. The lowest BCUT2D eigenvalue weighted by molar-refractivity contribution is 0.0883. The summed E-state index contributed by atoms with van der Waals surface area (Å²) in [5, 5.41) is 6.34. The van der Waals surface area contributed by atoms with Gasteiger partial charge in [0.1, 0.15) is 18.1 Å². The number of carbonyl (C=O) groups is 1. The molecule has 25 heavy (non-hydrogen) atoms. The molecule has 0 spiro atoms. The van der Waals surface area contributed by atoms with Crippen LogP contribution in [0, 0.1) is 5.92 Å². The molecule has 1 aromatic heterocycles. The zero-order valence-electron chi connectivity index (χ0n) is 14.0. The second-order valence-corrected chi connectivity index (χ2v) is 6.98. The van der Waals surface area contributed by atoms with Crippen molar-refractivity contribution in [1.29, 1.82) is 0 Å². The Balaban J connectivity index is 0.00000225. The molecule has 2 N–H and O–H groups in total. The van der Waals surface area contributed by atoms with Crippen LogP contribution in [0.5, 0.6) is 5.75 Å². The number of ether oxygens (including phenoxy) is 1. The van der Waals surface area contributed by atoms with Gasteiger partial charge in [-0.3, -0.25) is 4.79 Å². The van der Waals surface area contributed by atoms with Crippen molar-refractivity contribution < 1.29 is 13.9 Å². The van der Waals surface area contributed by atoms with Gasteiger partial charge in [0, 0.05) is 17.1 Å². The first kappa shape index (κ1) is 19.8. The average molecular weight is 430 g/mol.